The van der Waals surface area contributed by atoms with Gasteiger partial charge in [-0.15, -0.1) is 12.4 Å². The van der Waals surface area contributed by atoms with Crippen molar-refractivity contribution in [2.75, 3.05) is 13.1 Å². The van der Waals surface area contributed by atoms with Crippen LogP contribution in [-0.2, 0) is 11.0 Å². The summed E-state index contributed by atoms with van der Waals surface area (Å²) in [7, 11) is 0. The normalized spacial score (nSPS) is 12.4. The number of carbonyl (C=O) groups is 1. The Morgan fingerprint density at radius 3 is 2.32 bits per heavy atom. The number of hydrogen-bond donors (Lipinski definition) is 2. The summed E-state index contributed by atoms with van der Waals surface area (Å²) in [4.78, 5) is 11.7. The molecule has 0 bridgehead atoms. The molecule has 126 valence electrons. The molecule has 0 aliphatic heterocycles. The summed E-state index contributed by atoms with van der Waals surface area (Å²) >= 11 is 0. The highest BCUT2D eigenvalue weighted by atomic mass is 35.5. The molecular formula is C15H22ClF3N2O. The van der Waals surface area contributed by atoms with E-state index in [9.17, 15) is 18.0 Å². The van der Waals surface area contributed by atoms with Gasteiger partial charge in [-0.2, -0.15) is 13.2 Å². The zero-order valence-corrected chi connectivity index (χ0v) is 13.3. The van der Waals surface area contributed by atoms with Gasteiger partial charge < -0.3 is 11.1 Å². The molecule has 3 nitrogen and oxygen atoms in total. The third-order valence-corrected chi connectivity index (χ3v) is 3.25. The van der Waals surface area contributed by atoms with E-state index in [1.165, 1.54) is 12.1 Å². The monoisotopic (exact) mass is 338 g/mol. The number of carbonyl (C=O) groups excluding carboxylic acids is 1. The van der Waals surface area contributed by atoms with E-state index in [1.54, 1.807) is 0 Å². The fourth-order valence-electron chi connectivity index (χ4n) is 1.97. The maximum atomic E-state index is 12.5. The first-order chi connectivity index (χ1) is 9.84. The molecule has 0 aromatic heterocycles. The largest absolute Gasteiger partial charge is 0.416 e. The van der Waals surface area contributed by atoms with Crippen molar-refractivity contribution in [3.63, 3.8) is 0 Å². The molecule has 1 rings (SSSR count). The van der Waals surface area contributed by atoms with E-state index in [0.717, 1.165) is 30.5 Å². The number of alkyl halides is 3. The molecule has 1 aromatic carbocycles. The molecule has 0 aliphatic carbocycles. The van der Waals surface area contributed by atoms with Crippen LogP contribution >= 0.6 is 12.4 Å². The fraction of sp³-hybridized carbons (Fsp3) is 0.533. The molecule has 1 amide bonds. The van der Waals surface area contributed by atoms with Crippen molar-refractivity contribution < 1.29 is 18.0 Å². The third-order valence-electron chi connectivity index (χ3n) is 3.25. The Kier molecular flexibility index (Phi) is 9.13. The predicted octanol–water partition coefficient (Wildman–Crippen LogP) is 3.48. The summed E-state index contributed by atoms with van der Waals surface area (Å²) in [6.45, 7) is 3.00. The lowest BCUT2D eigenvalue weighted by Crippen LogP contribution is -2.26. The molecule has 0 aliphatic rings. The van der Waals surface area contributed by atoms with Crippen molar-refractivity contribution in [3.8, 4) is 0 Å². The summed E-state index contributed by atoms with van der Waals surface area (Å²) in [5.41, 5.74) is 5.40. The van der Waals surface area contributed by atoms with Crippen LogP contribution < -0.4 is 11.1 Å². The second-order valence-electron chi connectivity index (χ2n) is 5.07. The van der Waals surface area contributed by atoms with Crippen molar-refractivity contribution in [1.82, 2.24) is 5.32 Å². The molecule has 0 radical (unpaired) electrons. The molecule has 0 saturated carbocycles. The highest BCUT2D eigenvalue weighted by Crippen LogP contribution is 2.30. The lowest BCUT2D eigenvalue weighted by atomic mass is 9.96. The van der Waals surface area contributed by atoms with Crippen LogP contribution in [0.4, 0.5) is 13.2 Å². The highest BCUT2D eigenvalue weighted by molar-refractivity contribution is 5.85. The lowest BCUT2D eigenvalue weighted by molar-refractivity contribution is -0.137. The Balaban J connectivity index is 0.00000441. The second kappa shape index (κ2) is 9.69. The molecule has 1 unspecified atom stereocenters. The summed E-state index contributed by atoms with van der Waals surface area (Å²) in [6.07, 6.45) is -2.39. The zero-order chi connectivity index (χ0) is 15.9. The maximum Gasteiger partial charge on any atom is 0.416 e. The van der Waals surface area contributed by atoms with E-state index in [-0.39, 0.29) is 30.7 Å². The summed E-state index contributed by atoms with van der Waals surface area (Å²) in [6, 6.07) is 4.94. The Morgan fingerprint density at radius 2 is 1.82 bits per heavy atom. The smallest absolute Gasteiger partial charge is 0.356 e. The quantitative estimate of drug-likeness (QED) is 0.748. The van der Waals surface area contributed by atoms with Crippen molar-refractivity contribution in [2.45, 2.75) is 38.3 Å². The number of benzene rings is 1. The average molecular weight is 339 g/mol. The Labute approximate surface area is 134 Å². The number of hydrogen-bond acceptors (Lipinski definition) is 2. The van der Waals surface area contributed by atoms with E-state index in [0.29, 0.717) is 13.1 Å². The first kappa shape index (κ1) is 20.7. The predicted molar refractivity (Wildman–Crippen MR) is 83.0 cm³/mol. The van der Waals surface area contributed by atoms with Gasteiger partial charge >= 0.3 is 6.18 Å². The Bertz CT molecular complexity index is 449. The van der Waals surface area contributed by atoms with Gasteiger partial charge in [0.15, 0.2) is 0 Å². The molecule has 0 spiro atoms. The zero-order valence-electron chi connectivity index (χ0n) is 12.5. The fourth-order valence-corrected chi connectivity index (χ4v) is 1.97. The first-order valence-electron chi connectivity index (χ1n) is 6.98. The van der Waals surface area contributed by atoms with Crippen molar-refractivity contribution >= 4 is 18.3 Å². The van der Waals surface area contributed by atoms with Crippen molar-refractivity contribution in [2.24, 2.45) is 5.73 Å². The minimum Gasteiger partial charge on any atom is -0.356 e. The minimum absolute atomic E-state index is 0. The lowest BCUT2D eigenvalue weighted by Gasteiger charge is -2.13. The van der Waals surface area contributed by atoms with Gasteiger partial charge in [0.2, 0.25) is 5.91 Å². The molecule has 1 aromatic rings. The molecule has 0 heterocycles. The average Bonchev–Trinajstić information content (AvgIpc) is 2.43. The van der Waals surface area contributed by atoms with Gasteiger partial charge in [0.05, 0.1) is 5.56 Å². The summed E-state index contributed by atoms with van der Waals surface area (Å²) in [5, 5.41) is 2.78. The molecular weight excluding hydrogens is 317 g/mol. The van der Waals surface area contributed by atoms with Crippen LogP contribution in [0.2, 0.25) is 0 Å². The first-order valence-corrected chi connectivity index (χ1v) is 6.98. The van der Waals surface area contributed by atoms with Crippen LogP contribution in [0.5, 0.6) is 0 Å². The molecule has 0 fully saturated rings. The van der Waals surface area contributed by atoms with Gasteiger partial charge in [-0.3, -0.25) is 4.79 Å². The van der Waals surface area contributed by atoms with E-state index in [2.05, 4.69) is 5.32 Å². The maximum absolute atomic E-state index is 12.5. The summed E-state index contributed by atoms with van der Waals surface area (Å²) in [5.74, 6) is -0.221. The standard InChI is InChI=1S/C15H21F3N2O.ClH/c1-11(10-14(21)20-9-3-2-8-19)12-4-6-13(7-5-12)15(16,17)18;/h4-7,11H,2-3,8-10,19H2,1H3,(H,20,21);1H. The van der Waals surface area contributed by atoms with E-state index in [4.69, 9.17) is 5.73 Å². The molecule has 1 atom stereocenters. The van der Waals surface area contributed by atoms with E-state index in [1.807, 2.05) is 6.92 Å². The number of unbranched alkanes of at least 4 members (excludes halogenated alkanes) is 1. The van der Waals surface area contributed by atoms with Crippen molar-refractivity contribution in [3.05, 3.63) is 35.4 Å². The molecule has 22 heavy (non-hydrogen) atoms. The minimum atomic E-state index is -4.33. The van der Waals surface area contributed by atoms with Crippen LogP contribution in [0.15, 0.2) is 24.3 Å². The van der Waals surface area contributed by atoms with Gasteiger partial charge in [-0.25, -0.2) is 0 Å². The molecule has 7 heteroatoms. The number of nitrogens with two attached hydrogens (primary N) is 1. The number of amides is 1. The molecule has 0 saturated heterocycles. The topological polar surface area (TPSA) is 55.1 Å². The van der Waals surface area contributed by atoms with Gasteiger partial charge in [-0.05, 0) is 43.0 Å². The SMILES string of the molecule is CC(CC(=O)NCCCCN)c1ccc(C(F)(F)F)cc1.Cl. The van der Waals surface area contributed by atoms with Crippen molar-refractivity contribution in [1.29, 1.82) is 0 Å². The number of nitrogens with one attached hydrogen (secondary N) is 1. The Hall–Kier alpha value is -1.27. The van der Waals surface area contributed by atoms with Crippen LogP contribution in [0.3, 0.4) is 0 Å². The Morgan fingerprint density at radius 1 is 1.23 bits per heavy atom. The third kappa shape index (κ3) is 7.13. The van der Waals surface area contributed by atoms with E-state index < -0.39 is 11.7 Å². The number of rotatable bonds is 7. The van der Waals surface area contributed by atoms with Crippen LogP contribution in [0, 0.1) is 0 Å². The van der Waals surface area contributed by atoms with Crippen LogP contribution in [0.25, 0.3) is 0 Å². The van der Waals surface area contributed by atoms with Gasteiger partial charge in [0.25, 0.3) is 0 Å². The summed E-state index contributed by atoms with van der Waals surface area (Å²) < 4.78 is 37.4. The van der Waals surface area contributed by atoms with E-state index >= 15 is 0 Å². The van der Waals surface area contributed by atoms with Crippen LogP contribution in [-0.4, -0.2) is 19.0 Å². The second-order valence-corrected chi connectivity index (χ2v) is 5.07. The highest BCUT2D eigenvalue weighted by Gasteiger charge is 2.30. The van der Waals surface area contributed by atoms with Crippen LogP contribution in [0.1, 0.15) is 43.2 Å². The van der Waals surface area contributed by atoms with Gasteiger partial charge in [0, 0.05) is 13.0 Å². The number of halogens is 4. The molecule has 3 N–H and O–H groups in total. The van der Waals surface area contributed by atoms with Gasteiger partial charge in [-0.1, -0.05) is 19.1 Å². The van der Waals surface area contributed by atoms with Gasteiger partial charge in [0.1, 0.15) is 0 Å².